The van der Waals surface area contributed by atoms with Crippen molar-refractivity contribution in [3.8, 4) is 0 Å². The first-order valence-corrected chi connectivity index (χ1v) is 5.86. The zero-order valence-corrected chi connectivity index (χ0v) is 10.5. The van der Waals surface area contributed by atoms with Crippen molar-refractivity contribution in [3.05, 3.63) is 23.7 Å². The van der Waals surface area contributed by atoms with Crippen LogP contribution in [0.5, 0.6) is 0 Å². The number of nitrogens with one attached hydrogen (secondary N) is 2. The van der Waals surface area contributed by atoms with Crippen LogP contribution in [0.15, 0.2) is 16.5 Å². The van der Waals surface area contributed by atoms with E-state index in [1.165, 1.54) is 0 Å². The highest BCUT2D eigenvalue weighted by molar-refractivity contribution is 5.86. The summed E-state index contributed by atoms with van der Waals surface area (Å²) in [5.74, 6) is 1.45. The number of nitrogens with zero attached hydrogens (tertiary/aromatic N) is 1. The van der Waals surface area contributed by atoms with Crippen LogP contribution >= 0.6 is 0 Å². The molecule has 2 rings (SSSR count). The second kappa shape index (κ2) is 5.22. The summed E-state index contributed by atoms with van der Waals surface area (Å²) in [5.41, 5.74) is 0. The summed E-state index contributed by atoms with van der Waals surface area (Å²) in [6.07, 6.45) is 0. The molecule has 1 atom stereocenters. The number of furan rings is 1. The fourth-order valence-corrected chi connectivity index (χ4v) is 1.89. The van der Waals surface area contributed by atoms with Gasteiger partial charge in [0.05, 0.1) is 13.1 Å². The molecule has 6 heteroatoms. The largest absolute Gasteiger partial charge is 0.464 e. The highest BCUT2D eigenvalue weighted by Crippen LogP contribution is 2.09. The van der Waals surface area contributed by atoms with Gasteiger partial charge in [0, 0.05) is 13.6 Å². The molecule has 1 aromatic rings. The Bertz CT molecular complexity index is 445. The van der Waals surface area contributed by atoms with Crippen molar-refractivity contribution >= 4 is 11.8 Å². The fraction of sp³-hybridized carbons (Fsp3) is 0.500. The molecule has 0 spiro atoms. The molecule has 18 heavy (non-hydrogen) atoms. The van der Waals surface area contributed by atoms with E-state index in [2.05, 4.69) is 10.6 Å². The number of aryl methyl sites for hydroxylation is 1. The van der Waals surface area contributed by atoms with E-state index in [-0.39, 0.29) is 24.4 Å². The van der Waals surface area contributed by atoms with Crippen LogP contribution in [-0.4, -0.2) is 42.9 Å². The van der Waals surface area contributed by atoms with Gasteiger partial charge in [-0.1, -0.05) is 0 Å². The average Bonchev–Trinajstić information content (AvgIpc) is 2.75. The lowest BCUT2D eigenvalue weighted by Crippen LogP contribution is -2.58. The molecule has 98 valence electrons. The van der Waals surface area contributed by atoms with E-state index in [9.17, 15) is 9.59 Å². The van der Waals surface area contributed by atoms with E-state index in [4.69, 9.17) is 4.42 Å². The van der Waals surface area contributed by atoms with E-state index in [1.807, 2.05) is 19.1 Å². The summed E-state index contributed by atoms with van der Waals surface area (Å²) >= 11 is 0. The lowest BCUT2D eigenvalue weighted by molar-refractivity contribution is -0.134. The summed E-state index contributed by atoms with van der Waals surface area (Å²) in [6.45, 7) is 2.81. The van der Waals surface area contributed by atoms with Crippen LogP contribution in [0.3, 0.4) is 0 Å². The monoisotopic (exact) mass is 251 g/mol. The number of hydrogen-bond acceptors (Lipinski definition) is 4. The molecular weight excluding hydrogens is 234 g/mol. The van der Waals surface area contributed by atoms with E-state index < -0.39 is 0 Å². The van der Waals surface area contributed by atoms with Gasteiger partial charge in [-0.05, 0) is 19.1 Å². The maximum atomic E-state index is 12.1. The molecule has 1 aliphatic rings. The van der Waals surface area contributed by atoms with E-state index in [1.54, 1.807) is 11.9 Å². The summed E-state index contributed by atoms with van der Waals surface area (Å²) in [6, 6.07) is 3.37. The van der Waals surface area contributed by atoms with Crippen LogP contribution in [0.25, 0.3) is 0 Å². The zero-order valence-electron chi connectivity index (χ0n) is 10.5. The minimum Gasteiger partial charge on any atom is -0.464 e. The molecule has 1 fully saturated rings. The Morgan fingerprint density at radius 2 is 2.33 bits per heavy atom. The second-order valence-electron chi connectivity index (χ2n) is 4.44. The molecule has 1 aromatic heterocycles. The zero-order chi connectivity index (χ0) is 13.1. The van der Waals surface area contributed by atoms with Crippen LogP contribution in [0, 0.1) is 6.92 Å². The van der Waals surface area contributed by atoms with Crippen molar-refractivity contribution in [3.63, 3.8) is 0 Å². The standard InChI is InChI=1S/C12H17N3O3/c1-8-3-4-9(18-8)7-15(2)12(17)10-5-14-11(16)6-13-10/h3-4,10,13H,5-7H2,1-2H3,(H,14,16). The number of carbonyl (C=O) groups is 2. The number of rotatable bonds is 3. The molecule has 0 aromatic carbocycles. The van der Waals surface area contributed by atoms with E-state index in [0.29, 0.717) is 13.1 Å². The molecule has 1 aliphatic heterocycles. The summed E-state index contributed by atoms with van der Waals surface area (Å²) < 4.78 is 5.42. The van der Waals surface area contributed by atoms with Crippen molar-refractivity contribution < 1.29 is 14.0 Å². The fourth-order valence-electron chi connectivity index (χ4n) is 1.89. The van der Waals surface area contributed by atoms with Crippen LogP contribution in [0.2, 0.25) is 0 Å². The Morgan fingerprint density at radius 1 is 1.56 bits per heavy atom. The van der Waals surface area contributed by atoms with Gasteiger partial charge < -0.3 is 14.6 Å². The normalized spacial score (nSPS) is 19.4. The quantitative estimate of drug-likeness (QED) is 0.769. The number of carbonyl (C=O) groups excluding carboxylic acids is 2. The van der Waals surface area contributed by atoms with Gasteiger partial charge in [-0.25, -0.2) is 0 Å². The van der Waals surface area contributed by atoms with Crippen molar-refractivity contribution in [2.75, 3.05) is 20.1 Å². The molecule has 0 bridgehead atoms. The Morgan fingerprint density at radius 3 is 2.89 bits per heavy atom. The molecule has 2 amide bonds. The first kappa shape index (κ1) is 12.6. The Labute approximate surface area is 105 Å². The maximum absolute atomic E-state index is 12.1. The van der Waals surface area contributed by atoms with Gasteiger partial charge in [0.1, 0.15) is 17.6 Å². The maximum Gasteiger partial charge on any atom is 0.241 e. The van der Waals surface area contributed by atoms with Crippen LogP contribution in [0.1, 0.15) is 11.5 Å². The Balaban J connectivity index is 1.90. The number of likely N-dealkylation sites (N-methyl/N-ethyl adjacent to an activating group) is 1. The average molecular weight is 251 g/mol. The topological polar surface area (TPSA) is 74.6 Å². The highest BCUT2D eigenvalue weighted by Gasteiger charge is 2.26. The van der Waals surface area contributed by atoms with Crippen LogP contribution < -0.4 is 10.6 Å². The van der Waals surface area contributed by atoms with Crippen molar-refractivity contribution in [1.82, 2.24) is 15.5 Å². The summed E-state index contributed by atoms with van der Waals surface area (Å²) in [5, 5.41) is 5.57. The predicted octanol–water partition coefficient (Wildman–Crippen LogP) is -0.366. The molecule has 2 heterocycles. The Hall–Kier alpha value is -1.82. The van der Waals surface area contributed by atoms with Gasteiger partial charge in [-0.2, -0.15) is 0 Å². The number of amides is 2. The van der Waals surface area contributed by atoms with Gasteiger partial charge in [0.15, 0.2) is 0 Å². The lowest BCUT2D eigenvalue weighted by Gasteiger charge is -2.27. The first-order valence-electron chi connectivity index (χ1n) is 5.86. The molecule has 1 saturated heterocycles. The second-order valence-corrected chi connectivity index (χ2v) is 4.44. The van der Waals surface area contributed by atoms with Gasteiger partial charge in [0.2, 0.25) is 11.8 Å². The van der Waals surface area contributed by atoms with Crippen molar-refractivity contribution in [2.45, 2.75) is 19.5 Å². The molecule has 0 saturated carbocycles. The van der Waals surface area contributed by atoms with Gasteiger partial charge >= 0.3 is 0 Å². The molecule has 0 radical (unpaired) electrons. The minimum atomic E-state index is -0.358. The third-order valence-corrected chi connectivity index (χ3v) is 2.88. The minimum absolute atomic E-state index is 0.0518. The van der Waals surface area contributed by atoms with Crippen LogP contribution in [0.4, 0.5) is 0 Å². The summed E-state index contributed by atoms with van der Waals surface area (Å²) in [7, 11) is 1.72. The number of hydrogen-bond donors (Lipinski definition) is 2. The smallest absolute Gasteiger partial charge is 0.241 e. The SMILES string of the molecule is Cc1ccc(CN(C)C(=O)C2CNC(=O)CN2)o1. The molecule has 6 nitrogen and oxygen atoms in total. The highest BCUT2D eigenvalue weighted by atomic mass is 16.3. The molecule has 0 aliphatic carbocycles. The summed E-state index contributed by atoms with van der Waals surface area (Å²) in [4.78, 5) is 24.7. The lowest BCUT2D eigenvalue weighted by atomic mass is 10.2. The van der Waals surface area contributed by atoms with E-state index in [0.717, 1.165) is 11.5 Å². The van der Waals surface area contributed by atoms with Gasteiger partial charge in [-0.15, -0.1) is 0 Å². The van der Waals surface area contributed by atoms with Gasteiger partial charge in [0.25, 0.3) is 0 Å². The molecule has 1 unspecified atom stereocenters. The van der Waals surface area contributed by atoms with Crippen molar-refractivity contribution in [2.24, 2.45) is 0 Å². The van der Waals surface area contributed by atoms with Gasteiger partial charge in [-0.3, -0.25) is 14.9 Å². The van der Waals surface area contributed by atoms with Crippen molar-refractivity contribution in [1.29, 1.82) is 0 Å². The van der Waals surface area contributed by atoms with Crippen LogP contribution in [-0.2, 0) is 16.1 Å². The third kappa shape index (κ3) is 2.89. The predicted molar refractivity (Wildman–Crippen MR) is 64.7 cm³/mol. The third-order valence-electron chi connectivity index (χ3n) is 2.88. The number of piperazine rings is 1. The molecule has 2 N–H and O–H groups in total. The Kier molecular flexibility index (Phi) is 3.66. The molecular formula is C12H17N3O3. The first-order chi connectivity index (χ1) is 8.56. The van der Waals surface area contributed by atoms with E-state index >= 15 is 0 Å².